The van der Waals surface area contributed by atoms with Crippen LogP contribution in [-0.4, -0.2) is 6.04 Å². The molecule has 0 atom stereocenters. The molecule has 82 valence electrons. The van der Waals surface area contributed by atoms with Gasteiger partial charge in [0.15, 0.2) is 0 Å². The predicted molar refractivity (Wildman–Crippen MR) is 60.2 cm³/mol. The van der Waals surface area contributed by atoms with E-state index in [1.807, 2.05) is 19.1 Å². The minimum atomic E-state index is -0.0916. The fraction of sp³-hybridized carbons (Fsp3) is 0.538. The van der Waals surface area contributed by atoms with Crippen LogP contribution in [0.4, 0.5) is 4.39 Å². The third-order valence-corrected chi connectivity index (χ3v) is 3.14. The van der Waals surface area contributed by atoms with E-state index in [0.29, 0.717) is 12.6 Å². The van der Waals surface area contributed by atoms with Crippen molar-refractivity contribution in [1.29, 1.82) is 0 Å². The van der Waals surface area contributed by atoms with E-state index in [9.17, 15) is 4.39 Å². The van der Waals surface area contributed by atoms with Gasteiger partial charge >= 0.3 is 0 Å². The largest absolute Gasteiger partial charge is 0.310 e. The molecule has 0 spiro atoms. The van der Waals surface area contributed by atoms with Crippen LogP contribution in [0, 0.1) is 12.7 Å². The molecule has 0 heterocycles. The Morgan fingerprint density at radius 2 is 2.07 bits per heavy atom. The summed E-state index contributed by atoms with van der Waals surface area (Å²) >= 11 is 0. The molecule has 0 aromatic heterocycles. The van der Waals surface area contributed by atoms with Gasteiger partial charge in [-0.25, -0.2) is 4.39 Å². The zero-order valence-electron chi connectivity index (χ0n) is 9.22. The summed E-state index contributed by atoms with van der Waals surface area (Å²) in [5.74, 6) is -0.0916. The van der Waals surface area contributed by atoms with Crippen molar-refractivity contribution in [2.24, 2.45) is 0 Å². The van der Waals surface area contributed by atoms with E-state index >= 15 is 0 Å². The Morgan fingerprint density at radius 1 is 1.33 bits per heavy atom. The number of hydrogen-bond acceptors (Lipinski definition) is 1. The average molecular weight is 207 g/mol. The maximum Gasteiger partial charge on any atom is 0.127 e. The van der Waals surface area contributed by atoms with Gasteiger partial charge in [-0.2, -0.15) is 0 Å². The van der Waals surface area contributed by atoms with Crippen LogP contribution < -0.4 is 5.32 Å². The van der Waals surface area contributed by atoms with Crippen LogP contribution in [0.25, 0.3) is 0 Å². The summed E-state index contributed by atoms with van der Waals surface area (Å²) in [6, 6.07) is 5.90. The molecule has 0 unspecified atom stereocenters. The zero-order valence-corrected chi connectivity index (χ0v) is 9.22. The van der Waals surface area contributed by atoms with Gasteiger partial charge in [-0.1, -0.05) is 30.5 Å². The van der Waals surface area contributed by atoms with Crippen LogP contribution in [0.1, 0.15) is 36.8 Å². The van der Waals surface area contributed by atoms with Crippen LogP contribution in [-0.2, 0) is 6.54 Å². The number of hydrogen-bond donors (Lipinski definition) is 1. The van der Waals surface area contributed by atoms with Crippen molar-refractivity contribution in [3.05, 3.63) is 35.1 Å². The first-order chi connectivity index (χ1) is 7.25. The van der Waals surface area contributed by atoms with Gasteiger partial charge in [-0.3, -0.25) is 0 Å². The number of aryl methyl sites for hydroxylation is 1. The van der Waals surface area contributed by atoms with E-state index in [1.54, 1.807) is 6.07 Å². The van der Waals surface area contributed by atoms with Crippen LogP contribution in [0.15, 0.2) is 18.2 Å². The Balaban J connectivity index is 1.94. The second-order valence-electron chi connectivity index (χ2n) is 4.46. The van der Waals surface area contributed by atoms with Gasteiger partial charge in [0.25, 0.3) is 0 Å². The molecule has 0 bridgehead atoms. The number of benzene rings is 1. The molecule has 1 aromatic carbocycles. The Kier molecular flexibility index (Phi) is 3.37. The van der Waals surface area contributed by atoms with E-state index in [4.69, 9.17) is 0 Å². The van der Waals surface area contributed by atoms with Gasteiger partial charge in [0, 0.05) is 18.2 Å². The minimum Gasteiger partial charge on any atom is -0.310 e. The summed E-state index contributed by atoms with van der Waals surface area (Å²) in [5, 5.41) is 3.43. The normalized spacial score (nSPS) is 17.2. The predicted octanol–water partition coefficient (Wildman–Crippen LogP) is 3.17. The van der Waals surface area contributed by atoms with E-state index in [-0.39, 0.29) is 5.82 Å². The fourth-order valence-electron chi connectivity index (χ4n) is 2.22. The number of nitrogens with one attached hydrogen (secondary N) is 1. The summed E-state index contributed by atoms with van der Waals surface area (Å²) in [6.07, 6.45) is 5.11. The summed E-state index contributed by atoms with van der Waals surface area (Å²) in [4.78, 5) is 0. The molecule has 2 rings (SSSR count). The van der Waals surface area contributed by atoms with Gasteiger partial charge in [-0.05, 0) is 25.8 Å². The van der Waals surface area contributed by atoms with Gasteiger partial charge < -0.3 is 5.32 Å². The fourth-order valence-corrected chi connectivity index (χ4v) is 2.22. The lowest BCUT2D eigenvalue weighted by molar-refractivity contribution is 0.508. The average Bonchev–Trinajstić information content (AvgIpc) is 2.72. The lowest BCUT2D eigenvalue weighted by Gasteiger charge is -2.12. The third-order valence-electron chi connectivity index (χ3n) is 3.14. The highest BCUT2D eigenvalue weighted by atomic mass is 19.1. The highest BCUT2D eigenvalue weighted by molar-refractivity contribution is 5.23. The lowest BCUT2D eigenvalue weighted by Crippen LogP contribution is -2.25. The molecular formula is C13H18FN. The van der Waals surface area contributed by atoms with Gasteiger partial charge in [-0.15, -0.1) is 0 Å². The highest BCUT2D eigenvalue weighted by Crippen LogP contribution is 2.18. The van der Waals surface area contributed by atoms with Crippen molar-refractivity contribution in [2.45, 2.75) is 45.2 Å². The highest BCUT2D eigenvalue weighted by Gasteiger charge is 2.14. The molecule has 0 saturated heterocycles. The Labute approximate surface area is 90.7 Å². The Bertz CT molecular complexity index is 329. The van der Waals surface area contributed by atoms with Gasteiger partial charge in [0.1, 0.15) is 5.82 Å². The molecule has 1 saturated carbocycles. The van der Waals surface area contributed by atoms with Crippen LogP contribution in [0.5, 0.6) is 0 Å². The van der Waals surface area contributed by atoms with Gasteiger partial charge in [0.05, 0.1) is 0 Å². The minimum absolute atomic E-state index is 0.0916. The van der Waals surface area contributed by atoms with E-state index in [0.717, 1.165) is 11.1 Å². The quantitative estimate of drug-likeness (QED) is 0.802. The second kappa shape index (κ2) is 4.75. The van der Waals surface area contributed by atoms with Crippen molar-refractivity contribution in [3.8, 4) is 0 Å². The smallest absolute Gasteiger partial charge is 0.127 e. The molecule has 0 aliphatic heterocycles. The van der Waals surface area contributed by atoms with Crippen molar-refractivity contribution >= 4 is 0 Å². The topological polar surface area (TPSA) is 12.0 Å². The first kappa shape index (κ1) is 10.6. The van der Waals surface area contributed by atoms with Crippen molar-refractivity contribution in [3.63, 3.8) is 0 Å². The summed E-state index contributed by atoms with van der Waals surface area (Å²) in [5.41, 5.74) is 1.92. The van der Waals surface area contributed by atoms with E-state index < -0.39 is 0 Å². The van der Waals surface area contributed by atoms with Gasteiger partial charge in [0.2, 0.25) is 0 Å². The molecule has 1 aliphatic rings. The SMILES string of the molecule is Cc1ccc(F)c(CNC2CCCC2)c1. The maximum atomic E-state index is 13.4. The van der Waals surface area contributed by atoms with Crippen molar-refractivity contribution in [1.82, 2.24) is 5.32 Å². The summed E-state index contributed by atoms with van der Waals surface area (Å²) < 4.78 is 13.4. The van der Waals surface area contributed by atoms with E-state index in [1.165, 1.54) is 25.7 Å². The van der Waals surface area contributed by atoms with Crippen molar-refractivity contribution < 1.29 is 4.39 Å². The molecule has 1 aliphatic carbocycles. The third kappa shape index (κ3) is 2.78. The number of halogens is 1. The number of rotatable bonds is 3. The molecule has 1 N–H and O–H groups in total. The van der Waals surface area contributed by atoms with Crippen LogP contribution in [0.2, 0.25) is 0 Å². The van der Waals surface area contributed by atoms with Crippen LogP contribution in [0.3, 0.4) is 0 Å². The molecular weight excluding hydrogens is 189 g/mol. The second-order valence-corrected chi connectivity index (χ2v) is 4.46. The Hall–Kier alpha value is -0.890. The Morgan fingerprint density at radius 3 is 2.80 bits per heavy atom. The first-order valence-electron chi connectivity index (χ1n) is 5.74. The lowest BCUT2D eigenvalue weighted by atomic mass is 10.1. The van der Waals surface area contributed by atoms with E-state index in [2.05, 4.69) is 5.32 Å². The monoisotopic (exact) mass is 207 g/mol. The first-order valence-corrected chi connectivity index (χ1v) is 5.74. The molecule has 0 radical (unpaired) electrons. The molecule has 1 aromatic rings. The zero-order chi connectivity index (χ0) is 10.7. The summed E-state index contributed by atoms with van der Waals surface area (Å²) in [6.45, 7) is 2.66. The summed E-state index contributed by atoms with van der Waals surface area (Å²) in [7, 11) is 0. The standard InChI is InChI=1S/C13H18FN/c1-10-6-7-13(14)11(8-10)9-15-12-4-2-3-5-12/h6-8,12,15H,2-5,9H2,1H3. The molecule has 15 heavy (non-hydrogen) atoms. The molecule has 1 fully saturated rings. The molecule has 2 heteroatoms. The molecule has 1 nitrogen and oxygen atoms in total. The van der Waals surface area contributed by atoms with Crippen molar-refractivity contribution in [2.75, 3.05) is 0 Å². The van der Waals surface area contributed by atoms with Crippen LogP contribution >= 0.6 is 0 Å². The maximum absolute atomic E-state index is 13.4. The molecule has 0 amide bonds.